The smallest absolute Gasteiger partial charge is 0.0944 e. The summed E-state index contributed by atoms with van der Waals surface area (Å²) in [5, 5.41) is 9.18. The maximum absolute atomic E-state index is 9.18. The topological polar surface area (TPSA) is 61.8 Å². The summed E-state index contributed by atoms with van der Waals surface area (Å²) in [6, 6.07) is 1.77. The molecule has 2 heterocycles. The molecule has 2 N–H and O–H groups in total. The molecule has 2 aromatic rings. The van der Waals surface area contributed by atoms with E-state index in [1.54, 1.807) is 24.8 Å². The number of aromatic nitrogens is 3. The minimum Gasteiger partial charge on any atom is -0.392 e. The number of aliphatic hydroxyl groups excluding tert-OH is 1. The van der Waals surface area contributed by atoms with Gasteiger partial charge in [-0.05, 0) is 11.6 Å². The van der Waals surface area contributed by atoms with E-state index in [0.29, 0.717) is 5.88 Å². The van der Waals surface area contributed by atoms with E-state index in [2.05, 4.69) is 15.0 Å². The Labute approximate surface area is 92.0 Å². The summed E-state index contributed by atoms with van der Waals surface area (Å²) in [6.45, 7) is -0.0353. The van der Waals surface area contributed by atoms with Crippen LogP contribution < -0.4 is 0 Å². The summed E-state index contributed by atoms with van der Waals surface area (Å²) in [5.74, 6) is 0.356. The number of alkyl halides is 1. The maximum Gasteiger partial charge on any atom is 0.0944 e. The standard InChI is InChI=1S/C10H10ClN3O/c11-3-9-10(14-6-13-9)8-4-12-2-1-7(8)5-15/h1-2,4,6,15H,3,5H2,(H,13,14). The predicted octanol–water partition coefficient (Wildman–Crippen LogP) is 1.70. The molecular weight excluding hydrogens is 214 g/mol. The number of nitrogens with zero attached hydrogens (tertiary/aromatic N) is 2. The van der Waals surface area contributed by atoms with Crippen LogP contribution in [0.25, 0.3) is 11.3 Å². The molecule has 0 aliphatic rings. The van der Waals surface area contributed by atoms with E-state index in [1.807, 2.05) is 0 Å². The Morgan fingerprint density at radius 1 is 1.47 bits per heavy atom. The lowest BCUT2D eigenvalue weighted by molar-refractivity contribution is 0.282. The van der Waals surface area contributed by atoms with E-state index in [1.165, 1.54) is 0 Å². The minimum atomic E-state index is -0.0353. The second-order valence-electron chi connectivity index (χ2n) is 3.05. The van der Waals surface area contributed by atoms with Crippen LogP contribution >= 0.6 is 11.6 Å². The Balaban J connectivity index is 2.53. The molecule has 78 valence electrons. The van der Waals surface area contributed by atoms with E-state index >= 15 is 0 Å². The Bertz CT molecular complexity index is 455. The quantitative estimate of drug-likeness (QED) is 0.779. The fourth-order valence-electron chi connectivity index (χ4n) is 1.43. The highest BCUT2D eigenvalue weighted by Crippen LogP contribution is 2.24. The molecule has 0 saturated carbocycles. The molecule has 2 rings (SSSR count). The van der Waals surface area contributed by atoms with Crippen molar-refractivity contribution in [3.05, 3.63) is 36.0 Å². The van der Waals surface area contributed by atoms with Gasteiger partial charge in [0, 0.05) is 18.0 Å². The number of halogens is 1. The molecular formula is C10H10ClN3O. The average molecular weight is 224 g/mol. The van der Waals surface area contributed by atoms with Crippen LogP contribution in [0.4, 0.5) is 0 Å². The number of pyridine rings is 1. The minimum absolute atomic E-state index is 0.0353. The van der Waals surface area contributed by atoms with Gasteiger partial charge < -0.3 is 10.1 Å². The summed E-state index contributed by atoms with van der Waals surface area (Å²) in [6.07, 6.45) is 4.90. The molecule has 0 bridgehead atoms. The van der Waals surface area contributed by atoms with Gasteiger partial charge in [0.1, 0.15) is 0 Å². The van der Waals surface area contributed by atoms with Gasteiger partial charge >= 0.3 is 0 Å². The van der Waals surface area contributed by atoms with E-state index in [0.717, 1.165) is 22.5 Å². The zero-order chi connectivity index (χ0) is 10.7. The molecule has 4 nitrogen and oxygen atoms in total. The second-order valence-corrected chi connectivity index (χ2v) is 3.32. The van der Waals surface area contributed by atoms with Crippen molar-refractivity contribution >= 4 is 11.6 Å². The predicted molar refractivity (Wildman–Crippen MR) is 57.3 cm³/mol. The summed E-state index contributed by atoms with van der Waals surface area (Å²) in [4.78, 5) is 11.1. The van der Waals surface area contributed by atoms with Gasteiger partial charge in [0.15, 0.2) is 0 Å². The van der Waals surface area contributed by atoms with Gasteiger partial charge in [-0.25, -0.2) is 4.98 Å². The van der Waals surface area contributed by atoms with E-state index in [4.69, 9.17) is 11.6 Å². The molecule has 0 spiro atoms. The third kappa shape index (κ3) is 1.86. The van der Waals surface area contributed by atoms with Crippen molar-refractivity contribution in [2.24, 2.45) is 0 Å². The van der Waals surface area contributed by atoms with E-state index in [-0.39, 0.29) is 6.61 Å². The molecule has 0 aliphatic carbocycles. The van der Waals surface area contributed by atoms with Gasteiger partial charge in [-0.15, -0.1) is 11.6 Å². The van der Waals surface area contributed by atoms with Crippen molar-refractivity contribution in [1.82, 2.24) is 15.0 Å². The Morgan fingerprint density at radius 3 is 3.07 bits per heavy atom. The lowest BCUT2D eigenvalue weighted by Gasteiger charge is -2.04. The van der Waals surface area contributed by atoms with Crippen molar-refractivity contribution in [3.8, 4) is 11.3 Å². The SMILES string of the molecule is OCc1ccncc1-c1nc[nH]c1CCl. The van der Waals surface area contributed by atoms with Crippen molar-refractivity contribution in [1.29, 1.82) is 0 Å². The Morgan fingerprint density at radius 2 is 2.33 bits per heavy atom. The van der Waals surface area contributed by atoms with Crippen molar-refractivity contribution < 1.29 is 5.11 Å². The summed E-state index contributed by atoms with van der Waals surface area (Å²) >= 11 is 5.76. The first-order valence-electron chi connectivity index (χ1n) is 4.49. The summed E-state index contributed by atoms with van der Waals surface area (Å²) in [5.41, 5.74) is 3.20. The van der Waals surface area contributed by atoms with E-state index < -0.39 is 0 Å². The van der Waals surface area contributed by atoms with Crippen LogP contribution in [-0.2, 0) is 12.5 Å². The van der Waals surface area contributed by atoms with Crippen molar-refractivity contribution in [2.45, 2.75) is 12.5 Å². The van der Waals surface area contributed by atoms with Gasteiger partial charge in [0.25, 0.3) is 0 Å². The maximum atomic E-state index is 9.18. The fraction of sp³-hybridized carbons (Fsp3) is 0.200. The number of H-pyrrole nitrogens is 1. The summed E-state index contributed by atoms with van der Waals surface area (Å²) in [7, 11) is 0. The van der Waals surface area contributed by atoms with Crippen LogP contribution in [0, 0.1) is 0 Å². The highest BCUT2D eigenvalue weighted by molar-refractivity contribution is 6.17. The van der Waals surface area contributed by atoms with Gasteiger partial charge in [0.2, 0.25) is 0 Å². The molecule has 0 amide bonds. The molecule has 5 heteroatoms. The van der Waals surface area contributed by atoms with E-state index in [9.17, 15) is 5.11 Å². The average Bonchev–Trinajstić information content (AvgIpc) is 2.76. The lowest BCUT2D eigenvalue weighted by atomic mass is 10.1. The Kier molecular flexibility index (Phi) is 2.99. The number of nitrogens with one attached hydrogen (secondary N) is 1. The number of imidazole rings is 1. The first-order valence-corrected chi connectivity index (χ1v) is 5.02. The van der Waals surface area contributed by atoms with Crippen LogP contribution in [0.5, 0.6) is 0 Å². The van der Waals surface area contributed by atoms with Gasteiger partial charge in [-0.2, -0.15) is 0 Å². The molecule has 2 aromatic heterocycles. The Hall–Kier alpha value is -1.39. The molecule has 0 aliphatic heterocycles. The number of aromatic amines is 1. The third-order valence-electron chi connectivity index (χ3n) is 2.19. The normalized spacial score (nSPS) is 10.5. The first-order chi connectivity index (χ1) is 7.36. The monoisotopic (exact) mass is 223 g/mol. The van der Waals surface area contributed by atoms with Gasteiger partial charge in [0.05, 0.1) is 30.2 Å². The molecule has 0 unspecified atom stereocenters. The van der Waals surface area contributed by atoms with Crippen LogP contribution in [0.2, 0.25) is 0 Å². The molecule has 0 atom stereocenters. The van der Waals surface area contributed by atoms with Crippen LogP contribution in [0.1, 0.15) is 11.3 Å². The third-order valence-corrected chi connectivity index (χ3v) is 2.46. The van der Waals surface area contributed by atoms with Crippen LogP contribution in [0.3, 0.4) is 0 Å². The van der Waals surface area contributed by atoms with Crippen LogP contribution in [0.15, 0.2) is 24.8 Å². The number of rotatable bonds is 3. The molecule has 0 radical (unpaired) electrons. The summed E-state index contributed by atoms with van der Waals surface area (Å²) < 4.78 is 0. The molecule has 0 fully saturated rings. The highest BCUT2D eigenvalue weighted by Gasteiger charge is 2.11. The molecule has 15 heavy (non-hydrogen) atoms. The van der Waals surface area contributed by atoms with Crippen molar-refractivity contribution in [2.75, 3.05) is 0 Å². The number of aliphatic hydroxyl groups is 1. The second kappa shape index (κ2) is 4.42. The van der Waals surface area contributed by atoms with Gasteiger partial charge in [-0.1, -0.05) is 0 Å². The van der Waals surface area contributed by atoms with Crippen LogP contribution in [-0.4, -0.2) is 20.1 Å². The zero-order valence-corrected chi connectivity index (χ0v) is 8.70. The highest BCUT2D eigenvalue weighted by atomic mass is 35.5. The van der Waals surface area contributed by atoms with Gasteiger partial charge in [-0.3, -0.25) is 4.98 Å². The number of hydrogen-bond acceptors (Lipinski definition) is 3. The number of hydrogen-bond donors (Lipinski definition) is 2. The van der Waals surface area contributed by atoms with Crippen molar-refractivity contribution in [3.63, 3.8) is 0 Å². The molecule has 0 saturated heterocycles. The molecule has 0 aromatic carbocycles. The lowest BCUT2D eigenvalue weighted by Crippen LogP contribution is -1.93. The first kappa shape index (κ1) is 10.1. The zero-order valence-electron chi connectivity index (χ0n) is 7.94. The fourth-order valence-corrected chi connectivity index (χ4v) is 1.63. The largest absolute Gasteiger partial charge is 0.392 e.